The summed E-state index contributed by atoms with van der Waals surface area (Å²) in [4.78, 5) is 12.6. The quantitative estimate of drug-likeness (QED) is 0.699. The first-order chi connectivity index (χ1) is 9.86. The van der Waals surface area contributed by atoms with Gasteiger partial charge in [0.15, 0.2) is 0 Å². The Bertz CT molecular complexity index is 749. The van der Waals surface area contributed by atoms with Crippen LogP contribution in [-0.4, -0.2) is 5.78 Å². The molecule has 20 heavy (non-hydrogen) atoms. The zero-order chi connectivity index (χ0) is 13.3. The maximum atomic E-state index is 12.6. The maximum Gasteiger partial charge on any atom is 0.147 e. The largest absolute Gasteiger partial charge is 0.298 e. The summed E-state index contributed by atoms with van der Waals surface area (Å²) in [5.41, 5.74) is 2.76. The van der Waals surface area contributed by atoms with Crippen molar-refractivity contribution in [2.24, 2.45) is 11.8 Å². The van der Waals surface area contributed by atoms with Gasteiger partial charge in [0, 0.05) is 23.7 Å². The van der Waals surface area contributed by atoms with E-state index in [-0.39, 0.29) is 11.8 Å². The molecule has 5 rings (SSSR count). The molecule has 2 bridgehead atoms. The van der Waals surface area contributed by atoms with Crippen LogP contribution in [0.15, 0.2) is 60.7 Å². The molecule has 1 fully saturated rings. The van der Waals surface area contributed by atoms with Crippen LogP contribution in [0.2, 0.25) is 0 Å². The lowest BCUT2D eigenvalue weighted by Crippen LogP contribution is -2.13. The Hall–Kier alpha value is -2.15. The molecule has 0 spiro atoms. The molecule has 0 aliphatic heterocycles. The topological polar surface area (TPSA) is 17.1 Å². The summed E-state index contributed by atoms with van der Waals surface area (Å²) in [6, 6.07) is 13.1. The van der Waals surface area contributed by atoms with Crippen LogP contribution in [0, 0.1) is 11.8 Å². The zero-order valence-electron chi connectivity index (χ0n) is 11.0. The number of hydrogen-bond donors (Lipinski definition) is 0. The third-order valence-electron chi connectivity index (χ3n) is 5.25. The number of fused-ring (bicyclic) bond motifs is 7. The highest BCUT2D eigenvalue weighted by atomic mass is 16.1. The SMILES string of the molecule is O=C1C2C=CC=C[C@H]1C1c3cccc4cccc(c34)C21. The second-order valence-electron chi connectivity index (χ2n) is 6.07. The predicted octanol–water partition coefficient (Wildman–Crippen LogP) is 3.96. The van der Waals surface area contributed by atoms with E-state index >= 15 is 0 Å². The average molecular weight is 258 g/mol. The standard InChI is InChI=1S/C19H14O/c20-19-14-7-1-2-8-15(19)18-13-10-4-6-11-5-3-9-12(16(11)13)17(14)18/h1-10,14-15,17-18H/t14-,15?,17?,18?/m0/s1. The van der Waals surface area contributed by atoms with E-state index in [1.54, 1.807) is 0 Å². The van der Waals surface area contributed by atoms with Gasteiger partial charge in [0.25, 0.3) is 0 Å². The Labute approximate surface area is 117 Å². The second-order valence-corrected chi connectivity index (χ2v) is 6.07. The molecule has 3 unspecified atom stereocenters. The molecule has 2 aromatic rings. The van der Waals surface area contributed by atoms with Crippen LogP contribution in [0.4, 0.5) is 0 Å². The van der Waals surface area contributed by atoms with Gasteiger partial charge in [0.1, 0.15) is 5.78 Å². The Kier molecular flexibility index (Phi) is 1.85. The van der Waals surface area contributed by atoms with E-state index in [0.717, 1.165) is 0 Å². The number of ketones is 1. The van der Waals surface area contributed by atoms with E-state index in [2.05, 4.69) is 48.6 Å². The van der Waals surface area contributed by atoms with E-state index < -0.39 is 0 Å². The van der Waals surface area contributed by atoms with Gasteiger partial charge < -0.3 is 0 Å². The van der Waals surface area contributed by atoms with Crippen LogP contribution < -0.4 is 0 Å². The van der Waals surface area contributed by atoms with Crippen molar-refractivity contribution in [3.05, 3.63) is 71.8 Å². The molecule has 0 aromatic heterocycles. The van der Waals surface area contributed by atoms with Gasteiger partial charge in [-0.1, -0.05) is 60.7 Å². The summed E-state index contributed by atoms with van der Waals surface area (Å²) >= 11 is 0. The van der Waals surface area contributed by atoms with Gasteiger partial charge in [-0.15, -0.1) is 0 Å². The van der Waals surface area contributed by atoms with Crippen molar-refractivity contribution in [3.8, 4) is 0 Å². The van der Waals surface area contributed by atoms with Gasteiger partial charge >= 0.3 is 0 Å². The van der Waals surface area contributed by atoms with Crippen LogP contribution in [0.5, 0.6) is 0 Å². The fourth-order valence-corrected chi connectivity index (χ4v) is 4.55. The normalized spacial score (nSPS) is 32.7. The lowest BCUT2D eigenvalue weighted by Gasteiger charge is -2.18. The fourth-order valence-electron chi connectivity index (χ4n) is 4.55. The molecule has 0 heterocycles. The minimum absolute atomic E-state index is 0.0537. The summed E-state index contributed by atoms with van der Waals surface area (Å²) < 4.78 is 0. The van der Waals surface area contributed by atoms with Gasteiger partial charge in [0.05, 0.1) is 0 Å². The number of carbonyl (C=O) groups excluding carboxylic acids is 1. The van der Waals surface area contributed by atoms with Crippen LogP contribution in [0.1, 0.15) is 23.0 Å². The van der Waals surface area contributed by atoms with Crippen LogP contribution in [0.3, 0.4) is 0 Å². The molecule has 3 aliphatic rings. The minimum Gasteiger partial charge on any atom is -0.298 e. The smallest absolute Gasteiger partial charge is 0.147 e. The molecule has 0 amide bonds. The number of hydrogen-bond acceptors (Lipinski definition) is 1. The molecular weight excluding hydrogens is 244 g/mol. The lowest BCUT2D eigenvalue weighted by atomic mass is 9.84. The molecule has 96 valence electrons. The second kappa shape index (κ2) is 3.49. The van der Waals surface area contributed by atoms with Gasteiger partial charge in [-0.3, -0.25) is 4.79 Å². The molecule has 0 saturated heterocycles. The molecular formula is C19H14O. The minimum atomic E-state index is 0.0537. The molecule has 4 atom stereocenters. The average Bonchev–Trinajstić information content (AvgIpc) is 2.82. The Morgan fingerprint density at radius 2 is 1.30 bits per heavy atom. The van der Waals surface area contributed by atoms with Crippen molar-refractivity contribution >= 4 is 16.6 Å². The van der Waals surface area contributed by atoms with E-state index in [4.69, 9.17) is 0 Å². The molecule has 1 nitrogen and oxygen atoms in total. The number of benzene rings is 2. The summed E-state index contributed by atoms with van der Waals surface area (Å²) in [6.07, 6.45) is 8.30. The van der Waals surface area contributed by atoms with Crippen molar-refractivity contribution in [3.63, 3.8) is 0 Å². The number of rotatable bonds is 0. The van der Waals surface area contributed by atoms with E-state index in [1.807, 2.05) is 12.2 Å². The first kappa shape index (κ1) is 10.6. The lowest BCUT2D eigenvalue weighted by molar-refractivity contribution is -0.121. The number of allylic oxidation sites excluding steroid dienone is 4. The highest BCUT2D eigenvalue weighted by Gasteiger charge is 2.52. The predicted molar refractivity (Wildman–Crippen MR) is 79.7 cm³/mol. The van der Waals surface area contributed by atoms with Crippen molar-refractivity contribution < 1.29 is 4.79 Å². The first-order valence-corrected chi connectivity index (χ1v) is 7.26. The van der Waals surface area contributed by atoms with Gasteiger partial charge in [0.2, 0.25) is 0 Å². The van der Waals surface area contributed by atoms with Crippen molar-refractivity contribution in [1.82, 2.24) is 0 Å². The Balaban J connectivity index is 1.87. The molecule has 1 heteroatoms. The van der Waals surface area contributed by atoms with E-state index in [0.29, 0.717) is 17.6 Å². The van der Waals surface area contributed by atoms with Crippen LogP contribution in [0.25, 0.3) is 10.8 Å². The van der Waals surface area contributed by atoms with Crippen LogP contribution in [-0.2, 0) is 4.79 Å². The fraction of sp³-hybridized carbons (Fsp3) is 0.211. The van der Waals surface area contributed by atoms with Crippen molar-refractivity contribution in [2.75, 3.05) is 0 Å². The van der Waals surface area contributed by atoms with E-state index in [1.165, 1.54) is 21.9 Å². The zero-order valence-corrected chi connectivity index (χ0v) is 11.0. The molecule has 2 aromatic carbocycles. The summed E-state index contributed by atoms with van der Waals surface area (Å²) in [7, 11) is 0. The maximum absolute atomic E-state index is 12.6. The molecule has 3 aliphatic carbocycles. The van der Waals surface area contributed by atoms with E-state index in [9.17, 15) is 4.79 Å². The Morgan fingerprint density at radius 3 is 1.85 bits per heavy atom. The third kappa shape index (κ3) is 1.08. The molecule has 0 radical (unpaired) electrons. The summed E-state index contributed by atoms with van der Waals surface area (Å²) in [6.45, 7) is 0. The van der Waals surface area contributed by atoms with Gasteiger partial charge in [-0.05, 0) is 21.9 Å². The molecule has 0 N–H and O–H groups in total. The van der Waals surface area contributed by atoms with Gasteiger partial charge in [-0.25, -0.2) is 0 Å². The Morgan fingerprint density at radius 1 is 0.750 bits per heavy atom. The summed E-state index contributed by atoms with van der Waals surface area (Å²) in [5, 5.41) is 2.71. The first-order valence-electron chi connectivity index (χ1n) is 7.26. The van der Waals surface area contributed by atoms with Gasteiger partial charge in [-0.2, -0.15) is 0 Å². The highest BCUT2D eigenvalue weighted by molar-refractivity contribution is 6.00. The van der Waals surface area contributed by atoms with Crippen molar-refractivity contribution in [1.29, 1.82) is 0 Å². The molecule has 1 saturated carbocycles. The third-order valence-corrected chi connectivity index (χ3v) is 5.25. The van der Waals surface area contributed by atoms with Crippen molar-refractivity contribution in [2.45, 2.75) is 11.8 Å². The monoisotopic (exact) mass is 258 g/mol. The number of carbonyl (C=O) groups is 1. The highest BCUT2D eigenvalue weighted by Crippen LogP contribution is 2.59. The van der Waals surface area contributed by atoms with Crippen LogP contribution >= 0.6 is 0 Å². The number of Topliss-reactive ketones (excluding diaryl/α,β-unsaturated/α-hetero) is 1. The summed E-state index contributed by atoms with van der Waals surface area (Å²) in [5.74, 6) is 1.19.